The zero-order valence-corrected chi connectivity index (χ0v) is 14.5. The van der Waals surface area contributed by atoms with Crippen molar-refractivity contribution < 1.29 is 5.11 Å². The van der Waals surface area contributed by atoms with E-state index in [1.165, 1.54) is 25.7 Å². The van der Waals surface area contributed by atoms with Gasteiger partial charge in [0, 0.05) is 6.54 Å². The van der Waals surface area contributed by atoms with Crippen LogP contribution in [-0.4, -0.2) is 29.8 Å². The van der Waals surface area contributed by atoms with Crippen LogP contribution in [0.15, 0.2) is 4.99 Å². The Kier molecular flexibility index (Phi) is 10.7. The minimum absolute atomic E-state index is 0. The Morgan fingerprint density at radius 3 is 2.53 bits per heavy atom. The fourth-order valence-electron chi connectivity index (χ4n) is 2.42. The number of hydrogen-bond donors (Lipinski definition) is 3. The quantitative estimate of drug-likeness (QED) is 0.274. The molecule has 0 aromatic carbocycles. The summed E-state index contributed by atoms with van der Waals surface area (Å²) >= 11 is 0. The van der Waals surface area contributed by atoms with E-state index in [1.807, 2.05) is 0 Å². The van der Waals surface area contributed by atoms with Crippen LogP contribution in [0.1, 0.15) is 64.7 Å². The predicted octanol–water partition coefficient (Wildman–Crippen LogP) is 2.78. The largest absolute Gasteiger partial charge is 0.388 e. The van der Waals surface area contributed by atoms with Gasteiger partial charge in [-0.2, -0.15) is 0 Å². The van der Waals surface area contributed by atoms with Crippen LogP contribution in [0, 0.1) is 0 Å². The van der Waals surface area contributed by atoms with Crippen molar-refractivity contribution in [2.45, 2.75) is 70.3 Å². The summed E-state index contributed by atoms with van der Waals surface area (Å²) in [6, 6.07) is 0. The number of unbranched alkanes of at least 4 members (excludes halogenated alkanes) is 3. The van der Waals surface area contributed by atoms with Crippen LogP contribution in [0.2, 0.25) is 0 Å². The first-order chi connectivity index (χ1) is 8.66. The van der Waals surface area contributed by atoms with Crippen molar-refractivity contribution in [2.24, 2.45) is 10.7 Å². The second-order valence-electron chi connectivity index (χ2n) is 5.47. The van der Waals surface area contributed by atoms with Crippen LogP contribution >= 0.6 is 24.0 Å². The molecular weight excluding hydrogens is 353 g/mol. The molecule has 5 heteroatoms. The van der Waals surface area contributed by atoms with Crippen LogP contribution in [0.25, 0.3) is 0 Å². The molecule has 4 N–H and O–H groups in total. The summed E-state index contributed by atoms with van der Waals surface area (Å²) in [6.07, 6.45) is 10.1. The van der Waals surface area contributed by atoms with Gasteiger partial charge < -0.3 is 16.2 Å². The lowest BCUT2D eigenvalue weighted by atomic mass is 9.85. The van der Waals surface area contributed by atoms with Gasteiger partial charge >= 0.3 is 0 Å². The van der Waals surface area contributed by atoms with Crippen molar-refractivity contribution >= 4 is 29.9 Å². The standard InChI is InChI=1S/C14H29N3O.HI/c1-2-3-4-8-11-16-13(15)17-12-14(18)9-6-5-7-10-14;/h18H,2-12H2,1H3,(H3,15,16,17);1H. The van der Waals surface area contributed by atoms with Gasteiger partial charge in [-0.15, -0.1) is 24.0 Å². The van der Waals surface area contributed by atoms with Crippen LogP contribution in [0.5, 0.6) is 0 Å². The van der Waals surface area contributed by atoms with Gasteiger partial charge in [0.1, 0.15) is 0 Å². The average molecular weight is 383 g/mol. The summed E-state index contributed by atoms with van der Waals surface area (Å²) in [4.78, 5) is 4.27. The number of hydrogen-bond acceptors (Lipinski definition) is 2. The molecular formula is C14H30IN3O. The van der Waals surface area contributed by atoms with Gasteiger partial charge in [0.25, 0.3) is 0 Å². The molecule has 4 nitrogen and oxygen atoms in total. The number of nitrogens with one attached hydrogen (secondary N) is 1. The Balaban J connectivity index is 0.00000324. The summed E-state index contributed by atoms with van der Waals surface area (Å²) < 4.78 is 0. The smallest absolute Gasteiger partial charge is 0.188 e. The third-order valence-electron chi connectivity index (χ3n) is 3.66. The molecule has 19 heavy (non-hydrogen) atoms. The van der Waals surface area contributed by atoms with Gasteiger partial charge in [0.05, 0.1) is 12.1 Å². The van der Waals surface area contributed by atoms with Crippen LogP contribution in [0.4, 0.5) is 0 Å². The molecule has 0 bridgehead atoms. The molecule has 0 unspecified atom stereocenters. The Morgan fingerprint density at radius 2 is 1.89 bits per heavy atom. The van der Waals surface area contributed by atoms with E-state index in [0.717, 1.165) is 38.6 Å². The van der Waals surface area contributed by atoms with Crippen molar-refractivity contribution in [2.75, 3.05) is 13.1 Å². The highest BCUT2D eigenvalue weighted by atomic mass is 127. The molecule has 0 radical (unpaired) electrons. The third kappa shape index (κ3) is 8.68. The normalized spacial score (nSPS) is 18.7. The molecule has 1 fully saturated rings. The number of aliphatic imine (C=N–C) groups is 1. The Hall–Kier alpha value is -0.0400. The number of aliphatic hydroxyl groups is 1. The highest BCUT2D eigenvalue weighted by Crippen LogP contribution is 2.27. The molecule has 0 aliphatic heterocycles. The molecule has 1 aliphatic carbocycles. The topological polar surface area (TPSA) is 70.6 Å². The van der Waals surface area contributed by atoms with Gasteiger partial charge in [-0.3, -0.25) is 4.99 Å². The number of halogens is 1. The van der Waals surface area contributed by atoms with E-state index in [2.05, 4.69) is 17.2 Å². The summed E-state index contributed by atoms with van der Waals surface area (Å²) in [5.41, 5.74) is 5.19. The lowest BCUT2D eigenvalue weighted by molar-refractivity contribution is 0.0132. The van der Waals surface area contributed by atoms with E-state index < -0.39 is 5.60 Å². The van der Waals surface area contributed by atoms with Gasteiger partial charge in [-0.25, -0.2) is 0 Å². The van der Waals surface area contributed by atoms with Crippen molar-refractivity contribution in [1.29, 1.82) is 0 Å². The number of nitrogens with two attached hydrogens (primary N) is 1. The second-order valence-corrected chi connectivity index (χ2v) is 5.47. The number of nitrogens with zero attached hydrogens (tertiary/aromatic N) is 1. The molecule has 1 aliphatic rings. The third-order valence-corrected chi connectivity index (χ3v) is 3.66. The maximum absolute atomic E-state index is 10.3. The van der Waals surface area contributed by atoms with E-state index in [-0.39, 0.29) is 24.0 Å². The number of rotatable bonds is 7. The average Bonchev–Trinajstić information content (AvgIpc) is 2.37. The maximum atomic E-state index is 10.3. The van der Waals surface area contributed by atoms with Gasteiger partial charge in [0.15, 0.2) is 5.96 Å². The maximum Gasteiger partial charge on any atom is 0.188 e. The van der Waals surface area contributed by atoms with E-state index in [4.69, 9.17) is 5.73 Å². The zero-order valence-electron chi connectivity index (χ0n) is 12.2. The number of guanidine groups is 1. The molecule has 0 aromatic heterocycles. The molecule has 114 valence electrons. The van der Waals surface area contributed by atoms with Gasteiger partial charge in [0.2, 0.25) is 0 Å². The summed E-state index contributed by atoms with van der Waals surface area (Å²) in [5.74, 6) is 0.477. The molecule has 0 aromatic rings. The van der Waals surface area contributed by atoms with E-state index in [1.54, 1.807) is 0 Å². The van der Waals surface area contributed by atoms with Crippen molar-refractivity contribution in [3.63, 3.8) is 0 Å². The van der Waals surface area contributed by atoms with E-state index in [9.17, 15) is 5.11 Å². The van der Waals surface area contributed by atoms with E-state index in [0.29, 0.717) is 12.5 Å². The molecule has 1 saturated carbocycles. The summed E-state index contributed by atoms with van der Waals surface area (Å²) in [7, 11) is 0. The predicted molar refractivity (Wildman–Crippen MR) is 92.1 cm³/mol. The SMILES string of the molecule is CCCCCCNC(N)=NCC1(O)CCCCC1.I. The first-order valence-electron chi connectivity index (χ1n) is 7.42. The minimum atomic E-state index is -0.604. The molecule has 0 heterocycles. The molecule has 0 saturated heterocycles. The van der Waals surface area contributed by atoms with Crippen molar-refractivity contribution in [3.8, 4) is 0 Å². The lowest BCUT2D eigenvalue weighted by Crippen LogP contribution is -2.38. The molecule has 0 atom stereocenters. The summed E-state index contributed by atoms with van der Waals surface area (Å²) in [6.45, 7) is 3.53. The van der Waals surface area contributed by atoms with Crippen LogP contribution in [-0.2, 0) is 0 Å². The zero-order chi connectivity index (χ0) is 13.3. The fraction of sp³-hybridized carbons (Fsp3) is 0.929. The van der Waals surface area contributed by atoms with Crippen LogP contribution in [0.3, 0.4) is 0 Å². The van der Waals surface area contributed by atoms with Crippen molar-refractivity contribution in [3.05, 3.63) is 0 Å². The van der Waals surface area contributed by atoms with Crippen molar-refractivity contribution in [1.82, 2.24) is 5.32 Å². The highest BCUT2D eigenvalue weighted by Gasteiger charge is 2.28. The Morgan fingerprint density at radius 1 is 1.21 bits per heavy atom. The Bertz CT molecular complexity index is 253. The highest BCUT2D eigenvalue weighted by molar-refractivity contribution is 14.0. The molecule has 0 amide bonds. The molecule has 0 spiro atoms. The van der Waals surface area contributed by atoms with E-state index >= 15 is 0 Å². The monoisotopic (exact) mass is 383 g/mol. The molecule has 1 rings (SSSR count). The minimum Gasteiger partial charge on any atom is -0.388 e. The first kappa shape index (κ1) is 19.0. The fourth-order valence-corrected chi connectivity index (χ4v) is 2.42. The van der Waals surface area contributed by atoms with Gasteiger partial charge in [-0.05, 0) is 19.3 Å². The second kappa shape index (κ2) is 10.7. The van der Waals surface area contributed by atoms with Crippen LogP contribution < -0.4 is 11.1 Å². The Labute approximate surface area is 134 Å². The first-order valence-corrected chi connectivity index (χ1v) is 7.42. The summed E-state index contributed by atoms with van der Waals surface area (Å²) in [5, 5.41) is 13.4. The lowest BCUT2D eigenvalue weighted by Gasteiger charge is -2.30. The van der Waals surface area contributed by atoms with Gasteiger partial charge in [-0.1, -0.05) is 45.4 Å².